The van der Waals surface area contributed by atoms with Gasteiger partial charge in [0.15, 0.2) is 5.82 Å². The number of nitrogens with two attached hydrogens (primary N) is 1. The summed E-state index contributed by atoms with van der Waals surface area (Å²) in [7, 11) is 0. The van der Waals surface area contributed by atoms with Crippen molar-refractivity contribution in [2.45, 2.75) is 12.7 Å². The number of aromatic nitrogens is 2. The van der Waals surface area contributed by atoms with Crippen molar-refractivity contribution in [2.24, 2.45) is 0 Å². The summed E-state index contributed by atoms with van der Waals surface area (Å²) in [5.74, 6) is 0.0161. The zero-order valence-electron chi connectivity index (χ0n) is 21.1. The van der Waals surface area contributed by atoms with Gasteiger partial charge in [-0.2, -0.15) is 0 Å². The number of carboxylic acids is 1. The second kappa shape index (κ2) is 10.3. The van der Waals surface area contributed by atoms with E-state index in [1.165, 1.54) is 6.07 Å². The van der Waals surface area contributed by atoms with Gasteiger partial charge in [-0.25, -0.2) is 14.8 Å². The molecule has 1 amide bonds. The molecule has 40 heavy (non-hydrogen) atoms. The Hall–Kier alpha value is -5.64. The number of benzene rings is 2. The van der Waals surface area contributed by atoms with Crippen LogP contribution in [0.3, 0.4) is 0 Å². The van der Waals surface area contributed by atoms with Gasteiger partial charge in [-0.1, -0.05) is 30.3 Å². The second-order valence-corrected chi connectivity index (χ2v) is 9.17. The van der Waals surface area contributed by atoms with Crippen LogP contribution in [0.2, 0.25) is 0 Å². The number of carbonyl (C=O) groups is 2. The van der Waals surface area contributed by atoms with Crippen molar-refractivity contribution in [3.8, 4) is 11.3 Å². The molecule has 0 fully saturated rings. The van der Waals surface area contributed by atoms with Crippen molar-refractivity contribution < 1.29 is 19.1 Å². The molecular formula is C30H24N6O4. The molecule has 0 spiro atoms. The molecule has 1 aliphatic heterocycles. The molecule has 0 saturated carbocycles. The van der Waals surface area contributed by atoms with E-state index in [2.05, 4.69) is 15.6 Å². The van der Waals surface area contributed by atoms with Crippen LogP contribution in [0.1, 0.15) is 38.2 Å². The maximum absolute atomic E-state index is 12.4. The third-order valence-electron chi connectivity index (χ3n) is 6.62. The number of fused-ring (bicyclic) bond motifs is 1. The quantitative estimate of drug-likeness (QED) is 0.222. The molecule has 1 unspecified atom stereocenters. The fourth-order valence-corrected chi connectivity index (χ4v) is 4.63. The maximum Gasteiger partial charge on any atom is 0.371 e. The summed E-state index contributed by atoms with van der Waals surface area (Å²) in [6.45, 7) is 0.380. The third kappa shape index (κ3) is 4.69. The van der Waals surface area contributed by atoms with Gasteiger partial charge < -0.3 is 25.9 Å². The molecule has 0 saturated heterocycles. The molecule has 2 aromatic carbocycles. The van der Waals surface area contributed by atoms with Crippen molar-refractivity contribution in [1.29, 1.82) is 0 Å². The second-order valence-electron chi connectivity index (χ2n) is 9.17. The molecule has 0 radical (unpaired) electrons. The summed E-state index contributed by atoms with van der Waals surface area (Å²) in [5, 5.41) is 15.6. The Labute approximate surface area is 229 Å². The Balaban J connectivity index is 1.30. The molecule has 10 nitrogen and oxygen atoms in total. The van der Waals surface area contributed by atoms with Gasteiger partial charge >= 0.3 is 5.97 Å². The summed E-state index contributed by atoms with van der Waals surface area (Å²) in [6, 6.07) is 25.5. The zero-order valence-corrected chi connectivity index (χ0v) is 21.1. The predicted octanol–water partition coefficient (Wildman–Crippen LogP) is 5.21. The van der Waals surface area contributed by atoms with Crippen LogP contribution in [0.25, 0.3) is 11.3 Å². The number of hydrogen-bond acceptors (Lipinski definition) is 8. The standard InChI is InChI=1S/C30H24N6O4/c31-26-22(7-4-14-32-26)27-35-23-15-20(24-12-13-25(40-24)30(38)39)17-33-28(23)36(27)21-10-8-18(9-11-21)16-34-29(37)19-5-2-1-3-6-19/h1-15,17,27,35H,16H2,(H2,31,32)(H,34,37)(H,38,39). The molecule has 4 heterocycles. The first-order chi connectivity index (χ1) is 19.5. The number of carboxylic acid groups (broad SMARTS) is 1. The summed E-state index contributed by atoms with van der Waals surface area (Å²) < 4.78 is 5.47. The lowest BCUT2D eigenvalue weighted by Crippen LogP contribution is -2.25. The summed E-state index contributed by atoms with van der Waals surface area (Å²) in [5.41, 5.74) is 10.8. The van der Waals surface area contributed by atoms with E-state index in [-0.39, 0.29) is 11.7 Å². The smallest absolute Gasteiger partial charge is 0.371 e. The average molecular weight is 533 g/mol. The first-order valence-electron chi connectivity index (χ1n) is 12.5. The van der Waals surface area contributed by atoms with Gasteiger partial charge in [-0.15, -0.1) is 0 Å². The maximum atomic E-state index is 12.4. The van der Waals surface area contributed by atoms with E-state index >= 15 is 0 Å². The number of rotatable bonds is 7. The molecule has 1 atom stereocenters. The Morgan fingerprint density at radius 1 is 1.00 bits per heavy atom. The lowest BCUT2D eigenvalue weighted by molar-refractivity contribution is 0.0663. The highest BCUT2D eigenvalue weighted by Crippen LogP contribution is 2.46. The number of aromatic carboxylic acids is 1. The molecule has 5 N–H and O–H groups in total. The van der Waals surface area contributed by atoms with Crippen molar-refractivity contribution in [3.63, 3.8) is 0 Å². The van der Waals surface area contributed by atoms with E-state index in [4.69, 9.17) is 15.1 Å². The number of carbonyl (C=O) groups excluding carboxylic acids is 1. The minimum atomic E-state index is -1.14. The van der Waals surface area contributed by atoms with Gasteiger partial charge in [0.25, 0.3) is 5.91 Å². The topological polar surface area (TPSA) is 147 Å². The summed E-state index contributed by atoms with van der Waals surface area (Å²) in [4.78, 5) is 34.7. The highest BCUT2D eigenvalue weighted by atomic mass is 16.4. The van der Waals surface area contributed by atoms with Crippen molar-refractivity contribution >= 4 is 34.9 Å². The van der Waals surface area contributed by atoms with Gasteiger partial charge in [0.1, 0.15) is 17.7 Å². The molecule has 0 aliphatic carbocycles. The van der Waals surface area contributed by atoms with Gasteiger partial charge in [-0.3, -0.25) is 9.69 Å². The lowest BCUT2D eigenvalue weighted by Gasteiger charge is -2.27. The zero-order chi connectivity index (χ0) is 27.6. The number of pyridine rings is 2. The number of nitrogens with one attached hydrogen (secondary N) is 2. The number of amides is 1. The number of hydrogen-bond donors (Lipinski definition) is 4. The Kier molecular flexibility index (Phi) is 6.33. The number of anilines is 4. The Morgan fingerprint density at radius 2 is 1.80 bits per heavy atom. The SMILES string of the molecule is Nc1ncccc1C1Nc2cc(-c3ccc(C(=O)O)o3)cnc2N1c1ccc(CNC(=O)c2ccccc2)cc1. The van der Waals surface area contributed by atoms with Crippen LogP contribution in [0.4, 0.5) is 23.0 Å². The highest BCUT2D eigenvalue weighted by molar-refractivity contribution is 5.94. The van der Waals surface area contributed by atoms with Crippen LogP contribution in [0.15, 0.2) is 102 Å². The van der Waals surface area contributed by atoms with E-state index in [0.717, 1.165) is 22.5 Å². The summed E-state index contributed by atoms with van der Waals surface area (Å²) >= 11 is 0. The Morgan fingerprint density at radius 3 is 2.52 bits per heavy atom. The normalized spacial score (nSPS) is 13.9. The molecule has 198 valence electrons. The van der Waals surface area contributed by atoms with E-state index in [9.17, 15) is 14.7 Å². The molecule has 5 aromatic rings. The first-order valence-corrected chi connectivity index (χ1v) is 12.5. The fraction of sp³-hybridized carbons (Fsp3) is 0.0667. The van der Waals surface area contributed by atoms with Gasteiger partial charge in [-0.05, 0) is 60.2 Å². The number of furan rings is 1. The molecule has 10 heteroatoms. The number of nitrogen functional groups attached to an aromatic ring is 1. The van der Waals surface area contributed by atoms with Crippen LogP contribution in [0.5, 0.6) is 0 Å². The minimum Gasteiger partial charge on any atom is -0.475 e. The van der Waals surface area contributed by atoms with E-state index in [0.29, 0.717) is 35.1 Å². The van der Waals surface area contributed by atoms with Gasteiger partial charge in [0, 0.05) is 41.3 Å². The fourth-order valence-electron chi connectivity index (χ4n) is 4.63. The molecule has 3 aromatic heterocycles. The third-order valence-corrected chi connectivity index (χ3v) is 6.62. The van der Waals surface area contributed by atoms with E-state index in [1.54, 1.807) is 30.6 Å². The van der Waals surface area contributed by atoms with Gasteiger partial charge in [0.05, 0.1) is 5.69 Å². The van der Waals surface area contributed by atoms with E-state index < -0.39 is 12.1 Å². The average Bonchev–Trinajstić information content (AvgIpc) is 3.62. The van der Waals surface area contributed by atoms with Crippen LogP contribution in [0, 0.1) is 0 Å². The molecule has 6 rings (SSSR count). The van der Waals surface area contributed by atoms with Crippen molar-refractivity contribution in [3.05, 3.63) is 120 Å². The van der Waals surface area contributed by atoms with Gasteiger partial charge in [0.2, 0.25) is 5.76 Å². The predicted molar refractivity (Wildman–Crippen MR) is 150 cm³/mol. The van der Waals surface area contributed by atoms with Crippen LogP contribution < -0.4 is 21.3 Å². The van der Waals surface area contributed by atoms with Crippen molar-refractivity contribution in [2.75, 3.05) is 16.0 Å². The number of nitrogens with zero attached hydrogens (tertiary/aromatic N) is 3. The lowest BCUT2D eigenvalue weighted by atomic mass is 10.1. The minimum absolute atomic E-state index is 0.137. The van der Waals surface area contributed by atoms with Crippen molar-refractivity contribution in [1.82, 2.24) is 15.3 Å². The summed E-state index contributed by atoms with van der Waals surface area (Å²) in [6.07, 6.45) is 2.87. The molecule has 1 aliphatic rings. The first kappa shape index (κ1) is 24.7. The van der Waals surface area contributed by atoms with E-state index in [1.807, 2.05) is 65.6 Å². The highest BCUT2D eigenvalue weighted by Gasteiger charge is 2.34. The Bertz CT molecular complexity index is 1700. The molecular weight excluding hydrogens is 508 g/mol. The van der Waals surface area contributed by atoms with Crippen LogP contribution in [-0.4, -0.2) is 27.0 Å². The molecule has 0 bridgehead atoms. The monoisotopic (exact) mass is 532 g/mol. The largest absolute Gasteiger partial charge is 0.475 e. The van der Waals surface area contributed by atoms with Crippen LogP contribution in [-0.2, 0) is 6.54 Å². The van der Waals surface area contributed by atoms with Crippen LogP contribution >= 0.6 is 0 Å².